The number of methoxy groups -OCH3 is 1. The average molecular weight is 381 g/mol. The Bertz CT molecular complexity index is 935. The molecule has 8 heteroatoms. The molecule has 0 aromatic heterocycles. The van der Waals surface area contributed by atoms with E-state index in [1.807, 2.05) is 0 Å². The molecule has 4 amide bonds. The van der Waals surface area contributed by atoms with Crippen LogP contribution in [-0.2, 0) is 9.59 Å². The van der Waals surface area contributed by atoms with E-state index in [4.69, 9.17) is 4.74 Å². The maximum absolute atomic E-state index is 12.3. The Balaban J connectivity index is 1.63. The number of nitrogens with zero attached hydrogens (tertiary/aromatic N) is 1. The molecule has 0 saturated carbocycles. The second kappa shape index (κ2) is 7.91. The summed E-state index contributed by atoms with van der Waals surface area (Å²) in [5.41, 5.74) is 1.58. The van der Waals surface area contributed by atoms with Crippen molar-refractivity contribution in [3.05, 3.63) is 53.6 Å². The van der Waals surface area contributed by atoms with Crippen molar-refractivity contribution in [1.29, 1.82) is 0 Å². The van der Waals surface area contributed by atoms with Gasteiger partial charge in [-0.3, -0.25) is 24.1 Å². The highest BCUT2D eigenvalue weighted by atomic mass is 16.5. The maximum Gasteiger partial charge on any atom is 0.261 e. The van der Waals surface area contributed by atoms with Crippen LogP contribution in [0.5, 0.6) is 5.75 Å². The zero-order valence-electron chi connectivity index (χ0n) is 15.4. The van der Waals surface area contributed by atoms with Gasteiger partial charge >= 0.3 is 0 Å². The van der Waals surface area contributed by atoms with Crippen molar-refractivity contribution in [1.82, 2.24) is 4.90 Å². The third kappa shape index (κ3) is 3.85. The molecule has 3 rings (SSSR count). The van der Waals surface area contributed by atoms with E-state index in [0.29, 0.717) is 28.3 Å². The minimum absolute atomic E-state index is 0.0209. The lowest BCUT2D eigenvalue weighted by molar-refractivity contribution is -0.116. The molecule has 0 fully saturated rings. The van der Waals surface area contributed by atoms with Crippen LogP contribution in [0.1, 0.15) is 34.1 Å². The number of ether oxygens (including phenoxy) is 1. The summed E-state index contributed by atoms with van der Waals surface area (Å²) >= 11 is 0. The van der Waals surface area contributed by atoms with Crippen molar-refractivity contribution >= 4 is 35.0 Å². The second-order valence-corrected chi connectivity index (χ2v) is 6.20. The standard InChI is InChI=1S/C20H19N3O5/c1-12(24)21-16-11-13(7-8-17(16)28-2)22-18(25)9-10-23-19(26)14-5-3-4-6-15(14)20(23)27/h3-8,11H,9-10H2,1-2H3,(H,21,24)(H,22,25). The number of amides is 4. The first-order valence-corrected chi connectivity index (χ1v) is 8.61. The van der Waals surface area contributed by atoms with Crippen LogP contribution in [0.15, 0.2) is 42.5 Å². The van der Waals surface area contributed by atoms with E-state index in [2.05, 4.69) is 10.6 Å². The van der Waals surface area contributed by atoms with E-state index in [1.54, 1.807) is 42.5 Å². The van der Waals surface area contributed by atoms with Crippen LogP contribution in [0.25, 0.3) is 0 Å². The summed E-state index contributed by atoms with van der Waals surface area (Å²) in [4.78, 5) is 49.3. The predicted molar refractivity (Wildman–Crippen MR) is 102 cm³/mol. The smallest absolute Gasteiger partial charge is 0.261 e. The Morgan fingerprint density at radius 2 is 1.64 bits per heavy atom. The molecular weight excluding hydrogens is 362 g/mol. The SMILES string of the molecule is COc1ccc(NC(=O)CCN2C(=O)c3ccccc3C2=O)cc1NC(C)=O. The summed E-state index contributed by atoms with van der Waals surface area (Å²) in [7, 11) is 1.47. The molecule has 2 aromatic rings. The lowest BCUT2D eigenvalue weighted by Crippen LogP contribution is -2.32. The number of fused-ring (bicyclic) bond motifs is 1. The van der Waals surface area contributed by atoms with Gasteiger partial charge in [0, 0.05) is 25.6 Å². The number of imide groups is 1. The van der Waals surface area contributed by atoms with Gasteiger partial charge in [0.25, 0.3) is 11.8 Å². The molecule has 0 spiro atoms. The molecule has 2 N–H and O–H groups in total. The maximum atomic E-state index is 12.3. The molecule has 144 valence electrons. The van der Waals surface area contributed by atoms with Crippen LogP contribution in [-0.4, -0.2) is 42.2 Å². The van der Waals surface area contributed by atoms with Gasteiger partial charge in [-0.2, -0.15) is 0 Å². The highest BCUT2D eigenvalue weighted by molar-refractivity contribution is 6.21. The first-order valence-electron chi connectivity index (χ1n) is 8.61. The summed E-state index contributed by atoms with van der Waals surface area (Å²) in [5.74, 6) is -0.973. The van der Waals surface area contributed by atoms with Crippen LogP contribution < -0.4 is 15.4 Å². The molecule has 0 unspecified atom stereocenters. The third-order valence-corrected chi connectivity index (χ3v) is 4.23. The van der Waals surface area contributed by atoms with Crippen LogP contribution in [0, 0.1) is 0 Å². The highest BCUT2D eigenvalue weighted by Crippen LogP contribution is 2.28. The van der Waals surface area contributed by atoms with Gasteiger partial charge < -0.3 is 15.4 Å². The van der Waals surface area contributed by atoms with E-state index in [1.165, 1.54) is 14.0 Å². The van der Waals surface area contributed by atoms with Crippen LogP contribution >= 0.6 is 0 Å². The molecule has 2 aromatic carbocycles. The quantitative estimate of drug-likeness (QED) is 0.747. The highest BCUT2D eigenvalue weighted by Gasteiger charge is 2.34. The number of anilines is 2. The van der Waals surface area contributed by atoms with Gasteiger partial charge in [-0.25, -0.2) is 0 Å². The van der Waals surface area contributed by atoms with Crippen molar-refractivity contribution < 1.29 is 23.9 Å². The first-order chi connectivity index (χ1) is 13.4. The Kier molecular flexibility index (Phi) is 5.39. The lowest BCUT2D eigenvalue weighted by Gasteiger charge is -2.14. The van der Waals surface area contributed by atoms with Crippen molar-refractivity contribution in [2.75, 3.05) is 24.3 Å². The van der Waals surface area contributed by atoms with Crippen LogP contribution in [0.4, 0.5) is 11.4 Å². The van der Waals surface area contributed by atoms with Gasteiger partial charge in [-0.05, 0) is 30.3 Å². The molecule has 1 heterocycles. The summed E-state index contributed by atoms with van der Waals surface area (Å²) < 4.78 is 5.17. The molecule has 28 heavy (non-hydrogen) atoms. The molecule has 0 atom stereocenters. The Morgan fingerprint density at radius 3 is 2.21 bits per heavy atom. The molecule has 0 bridgehead atoms. The number of carbonyl (C=O) groups is 4. The van der Waals surface area contributed by atoms with Crippen molar-refractivity contribution in [2.24, 2.45) is 0 Å². The topological polar surface area (TPSA) is 105 Å². The van der Waals surface area contributed by atoms with Crippen molar-refractivity contribution in [3.8, 4) is 5.75 Å². The van der Waals surface area contributed by atoms with Gasteiger partial charge in [-0.15, -0.1) is 0 Å². The van der Waals surface area contributed by atoms with Gasteiger partial charge in [-0.1, -0.05) is 12.1 Å². The molecular formula is C20H19N3O5. The van der Waals surface area contributed by atoms with Gasteiger partial charge in [0.1, 0.15) is 5.75 Å². The first kappa shape index (κ1) is 19.1. The third-order valence-electron chi connectivity index (χ3n) is 4.23. The largest absolute Gasteiger partial charge is 0.495 e. The summed E-state index contributed by atoms with van der Waals surface area (Å²) in [6.45, 7) is 1.35. The van der Waals surface area contributed by atoms with Crippen LogP contribution in [0.2, 0.25) is 0 Å². The van der Waals surface area contributed by atoms with E-state index in [0.717, 1.165) is 4.90 Å². The normalized spacial score (nSPS) is 12.6. The minimum atomic E-state index is -0.397. The van der Waals surface area contributed by atoms with E-state index in [9.17, 15) is 19.2 Å². The van der Waals surface area contributed by atoms with Crippen molar-refractivity contribution in [2.45, 2.75) is 13.3 Å². The van der Waals surface area contributed by atoms with E-state index in [-0.39, 0.29) is 24.8 Å². The van der Waals surface area contributed by atoms with Gasteiger partial charge in [0.15, 0.2) is 0 Å². The summed E-state index contributed by atoms with van der Waals surface area (Å²) in [5, 5.41) is 5.31. The zero-order chi connectivity index (χ0) is 20.3. The zero-order valence-corrected chi connectivity index (χ0v) is 15.4. The Hall–Kier alpha value is -3.68. The second-order valence-electron chi connectivity index (χ2n) is 6.20. The number of hydrogen-bond acceptors (Lipinski definition) is 5. The molecule has 1 aliphatic rings. The van der Waals surface area contributed by atoms with Gasteiger partial charge in [0.05, 0.1) is 23.9 Å². The molecule has 8 nitrogen and oxygen atoms in total. The number of hydrogen-bond donors (Lipinski definition) is 2. The number of nitrogens with one attached hydrogen (secondary N) is 2. The predicted octanol–water partition coefficient (Wildman–Crippen LogP) is 2.28. The van der Waals surface area contributed by atoms with E-state index >= 15 is 0 Å². The minimum Gasteiger partial charge on any atom is -0.495 e. The van der Waals surface area contributed by atoms with Crippen LogP contribution in [0.3, 0.4) is 0 Å². The van der Waals surface area contributed by atoms with Gasteiger partial charge in [0.2, 0.25) is 11.8 Å². The summed E-state index contributed by atoms with van der Waals surface area (Å²) in [6, 6.07) is 11.4. The Labute approximate surface area is 161 Å². The Morgan fingerprint density at radius 1 is 1.00 bits per heavy atom. The molecule has 1 aliphatic heterocycles. The summed E-state index contributed by atoms with van der Waals surface area (Å²) in [6.07, 6.45) is -0.0486. The number of carbonyl (C=O) groups excluding carboxylic acids is 4. The fourth-order valence-electron chi connectivity index (χ4n) is 2.95. The fourth-order valence-corrected chi connectivity index (χ4v) is 2.95. The van der Waals surface area contributed by atoms with Crippen molar-refractivity contribution in [3.63, 3.8) is 0 Å². The molecule has 0 saturated heterocycles. The van der Waals surface area contributed by atoms with E-state index < -0.39 is 11.8 Å². The average Bonchev–Trinajstić information content (AvgIpc) is 2.91. The number of rotatable bonds is 6. The molecule has 0 radical (unpaired) electrons. The lowest BCUT2D eigenvalue weighted by atomic mass is 10.1. The number of benzene rings is 2. The molecule has 0 aliphatic carbocycles. The fraction of sp³-hybridized carbons (Fsp3) is 0.200. The monoisotopic (exact) mass is 381 g/mol.